The van der Waals surface area contributed by atoms with Gasteiger partial charge in [0.1, 0.15) is 16.5 Å². The SMILES string of the molecule is CN(c1cc(F)ccc1F)S(=O)(=O)c1cc(C(F)(F)F)ccc1Cl. The van der Waals surface area contributed by atoms with Crippen LogP contribution in [-0.4, -0.2) is 15.5 Å². The maximum atomic E-state index is 13.7. The van der Waals surface area contributed by atoms with Crippen molar-refractivity contribution in [2.24, 2.45) is 0 Å². The molecule has 0 spiro atoms. The van der Waals surface area contributed by atoms with Gasteiger partial charge in [-0.15, -0.1) is 0 Å². The summed E-state index contributed by atoms with van der Waals surface area (Å²) in [5.74, 6) is -1.98. The molecule has 0 fully saturated rings. The van der Waals surface area contributed by atoms with Crippen molar-refractivity contribution in [3.63, 3.8) is 0 Å². The Balaban J connectivity index is 2.60. The van der Waals surface area contributed by atoms with Crippen LogP contribution in [0.1, 0.15) is 5.56 Å². The lowest BCUT2D eigenvalue weighted by atomic mass is 10.2. The van der Waals surface area contributed by atoms with Crippen LogP contribution < -0.4 is 4.31 Å². The van der Waals surface area contributed by atoms with E-state index in [1.165, 1.54) is 0 Å². The van der Waals surface area contributed by atoms with Gasteiger partial charge in [0.2, 0.25) is 0 Å². The first-order valence-electron chi connectivity index (χ1n) is 6.25. The number of hydrogen-bond acceptors (Lipinski definition) is 2. The maximum Gasteiger partial charge on any atom is 0.416 e. The Morgan fingerprint density at radius 2 is 1.67 bits per heavy atom. The molecule has 0 aliphatic carbocycles. The van der Waals surface area contributed by atoms with Gasteiger partial charge in [-0.25, -0.2) is 17.2 Å². The summed E-state index contributed by atoms with van der Waals surface area (Å²) in [6, 6.07) is 3.80. The van der Waals surface area contributed by atoms with Crippen molar-refractivity contribution in [3.05, 3.63) is 58.6 Å². The smallest absolute Gasteiger partial charge is 0.266 e. The predicted octanol–water partition coefficient (Wildman–Crippen LogP) is 4.46. The molecule has 0 aliphatic heterocycles. The molecule has 24 heavy (non-hydrogen) atoms. The van der Waals surface area contributed by atoms with Crippen molar-refractivity contribution >= 4 is 27.3 Å². The zero-order chi connectivity index (χ0) is 18.3. The Morgan fingerprint density at radius 1 is 1.04 bits per heavy atom. The molecule has 0 aromatic heterocycles. The Hall–Kier alpha value is -1.87. The molecule has 0 heterocycles. The van der Waals surface area contributed by atoms with E-state index in [9.17, 15) is 30.4 Å². The lowest BCUT2D eigenvalue weighted by Crippen LogP contribution is -2.28. The van der Waals surface area contributed by atoms with E-state index in [4.69, 9.17) is 11.6 Å². The van der Waals surface area contributed by atoms with Crippen LogP contribution in [0.15, 0.2) is 41.3 Å². The average Bonchev–Trinajstić information content (AvgIpc) is 2.48. The van der Waals surface area contributed by atoms with Crippen LogP contribution in [0.2, 0.25) is 5.02 Å². The number of halogens is 6. The van der Waals surface area contributed by atoms with Gasteiger partial charge in [0, 0.05) is 13.1 Å². The van der Waals surface area contributed by atoms with E-state index in [2.05, 4.69) is 0 Å². The minimum atomic E-state index is -4.79. The fourth-order valence-electron chi connectivity index (χ4n) is 1.88. The number of hydrogen-bond donors (Lipinski definition) is 0. The number of alkyl halides is 3. The average molecular weight is 386 g/mol. The lowest BCUT2D eigenvalue weighted by Gasteiger charge is -2.21. The molecule has 0 radical (unpaired) electrons. The summed E-state index contributed by atoms with van der Waals surface area (Å²) >= 11 is 5.69. The first kappa shape index (κ1) is 18.5. The molecular formula is C14H9ClF5NO2S. The number of anilines is 1. The van der Waals surface area contributed by atoms with E-state index in [-0.39, 0.29) is 0 Å². The molecule has 0 amide bonds. The van der Waals surface area contributed by atoms with Crippen LogP contribution in [0, 0.1) is 11.6 Å². The molecule has 0 aliphatic rings. The highest BCUT2D eigenvalue weighted by Crippen LogP contribution is 2.35. The second-order valence-electron chi connectivity index (χ2n) is 4.71. The van der Waals surface area contributed by atoms with Crippen molar-refractivity contribution in [2.75, 3.05) is 11.4 Å². The van der Waals surface area contributed by atoms with Crippen molar-refractivity contribution in [2.45, 2.75) is 11.1 Å². The summed E-state index contributed by atoms with van der Waals surface area (Å²) in [6.07, 6.45) is -4.79. The normalized spacial score (nSPS) is 12.3. The zero-order valence-corrected chi connectivity index (χ0v) is 13.5. The van der Waals surface area contributed by atoms with Crippen LogP contribution in [0.5, 0.6) is 0 Å². The van der Waals surface area contributed by atoms with Gasteiger partial charge in [0.15, 0.2) is 0 Å². The van der Waals surface area contributed by atoms with E-state index >= 15 is 0 Å². The van der Waals surface area contributed by atoms with Crippen molar-refractivity contribution < 1.29 is 30.4 Å². The van der Waals surface area contributed by atoms with Crippen molar-refractivity contribution in [1.82, 2.24) is 0 Å². The van der Waals surface area contributed by atoms with Crippen LogP contribution in [0.3, 0.4) is 0 Å². The number of nitrogens with zero attached hydrogens (tertiary/aromatic N) is 1. The molecule has 2 aromatic carbocycles. The number of rotatable bonds is 3. The summed E-state index contributed by atoms with van der Waals surface area (Å²) in [5, 5.41) is -0.480. The first-order chi connectivity index (χ1) is 10.9. The largest absolute Gasteiger partial charge is 0.416 e. The highest BCUT2D eigenvalue weighted by Gasteiger charge is 2.34. The minimum absolute atomic E-state index is 0.326. The van der Waals surface area contributed by atoms with Gasteiger partial charge < -0.3 is 0 Å². The van der Waals surface area contributed by atoms with Crippen LogP contribution >= 0.6 is 11.6 Å². The molecule has 0 saturated heterocycles. The maximum absolute atomic E-state index is 13.7. The van der Waals surface area contributed by atoms with E-state index in [0.29, 0.717) is 28.6 Å². The molecule has 2 rings (SSSR count). The fourth-order valence-corrected chi connectivity index (χ4v) is 3.58. The van der Waals surface area contributed by atoms with E-state index in [0.717, 1.165) is 19.2 Å². The number of sulfonamides is 1. The van der Waals surface area contributed by atoms with Gasteiger partial charge in [-0.1, -0.05) is 11.6 Å². The summed E-state index contributed by atoms with van der Waals surface area (Å²) in [6.45, 7) is 0. The quantitative estimate of drug-likeness (QED) is 0.731. The molecular weight excluding hydrogens is 377 g/mol. The molecule has 0 N–H and O–H groups in total. The van der Waals surface area contributed by atoms with Crippen molar-refractivity contribution in [3.8, 4) is 0 Å². The summed E-state index contributed by atoms with van der Waals surface area (Å²) in [7, 11) is -3.77. The predicted molar refractivity (Wildman–Crippen MR) is 78.4 cm³/mol. The highest BCUT2D eigenvalue weighted by atomic mass is 35.5. The Morgan fingerprint density at radius 3 is 2.25 bits per heavy atom. The molecule has 0 saturated carbocycles. The third-order valence-electron chi connectivity index (χ3n) is 3.14. The van der Waals surface area contributed by atoms with Crippen LogP contribution in [0.4, 0.5) is 27.6 Å². The van der Waals surface area contributed by atoms with Crippen LogP contribution in [-0.2, 0) is 16.2 Å². The highest BCUT2D eigenvalue weighted by molar-refractivity contribution is 7.93. The molecule has 130 valence electrons. The minimum Gasteiger partial charge on any atom is -0.266 e. The Kier molecular flexibility index (Phi) is 4.78. The topological polar surface area (TPSA) is 37.4 Å². The number of benzene rings is 2. The van der Waals surface area contributed by atoms with E-state index in [1.807, 2.05) is 0 Å². The zero-order valence-electron chi connectivity index (χ0n) is 11.9. The standard InChI is InChI=1S/C14H9ClF5NO2S/c1-21(12-7-9(16)3-5-11(12)17)24(22,23)13-6-8(14(18,19)20)2-4-10(13)15/h2-7H,1H3. The first-order valence-corrected chi connectivity index (χ1v) is 8.07. The molecule has 3 nitrogen and oxygen atoms in total. The monoisotopic (exact) mass is 385 g/mol. The molecule has 0 atom stereocenters. The molecule has 0 bridgehead atoms. The van der Waals surface area contributed by atoms with Gasteiger partial charge in [-0.3, -0.25) is 4.31 Å². The van der Waals surface area contributed by atoms with E-state index < -0.39 is 49.0 Å². The fraction of sp³-hybridized carbons (Fsp3) is 0.143. The van der Waals surface area contributed by atoms with Gasteiger partial charge in [0.05, 0.1) is 16.3 Å². The third kappa shape index (κ3) is 3.46. The van der Waals surface area contributed by atoms with Gasteiger partial charge in [-0.05, 0) is 30.3 Å². The van der Waals surface area contributed by atoms with Gasteiger partial charge >= 0.3 is 6.18 Å². The lowest BCUT2D eigenvalue weighted by molar-refractivity contribution is -0.137. The summed E-state index contributed by atoms with van der Waals surface area (Å²) in [4.78, 5) is -0.870. The Bertz CT molecular complexity index is 883. The Labute approximate surface area is 139 Å². The second kappa shape index (κ2) is 6.21. The third-order valence-corrected chi connectivity index (χ3v) is 5.40. The molecule has 10 heteroatoms. The van der Waals surface area contributed by atoms with Gasteiger partial charge in [-0.2, -0.15) is 13.2 Å². The second-order valence-corrected chi connectivity index (χ2v) is 7.06. The molecule has 0 unspecified atom stereocenters. The van der Waals surface area contributed by atoms with Crippen molar-refractivity contribution in [1.29, 1.82) is 0 Å². The van der Waals surface area contributed by atoms with Gasteiger partial charge in [0.25, 0.3) is 10.0 Å². The van der Waals surface area contributed by atoms with Crippen LogP contribution in [0.25, 0.3) is 0 Å². The summed E-state index contributed by atoms with van der Waals surface area (Å²) in [5.41, 5.74) is -1.90. The molecule has 2 aromatic rings. The summed E-state index contributed by atoms with van der Waals surface area (Å²) < 4.78 is 90.6. The van der Waals surface area contributed by atoms with E-state index in [1.54, 1.807) is 0 Å².